The lowest BCUT2D eigenvalue weighted by Gasteiger charge is -2.32. The lowest BCUT2D eigenvalue weighted by Crippen LogP contribution is -2.47. The number of rotatable bonds is 4. The number of halogens is 1. The number of carbonyl (C=O) groups excluding carboxylic acids is 2. The van der Waals surface area contributed by atoms with E-state index in [1.807, 2.05) is 0 Å². The van der Waals surface area contributed by atoms with E-state index in [1.165, 1.54) is 11.8 Å². The molecule has 3 aromatic rings. The normalized spacial score (nSPS) is 15.4. The van der Waals surface area contributed by atoms with Gasteiger partial charge < -0.3 is 18.9 Å². The van der Waals surface area contributed by atoms with Gasteiger partial charge in [0.15, 0.2) is 6.61 Å². The minimum Gasteiger partial charge on any atom is -0.475 e. The maximum Gasteiger partial charge on any atom is 0.349 e. The number of hydrogen-bond donors (Lipinski definition) is 0. The standard InChI is InChI=1S/C20H16ClN3O5/c1-12(25)24-10-17(28-16-5-3-2-4-15(16)24)20(26)27-11-18-22-19(23-29-18)13-6-8-14(21)9-7-13/h2-9,17H,10-11H2,1H3. The van der Waals surface area contributed by atoms with Crippen LogP contribution in [0.2, 0.25) is 5.02 Å². The molecule has 148 valence electrons. The number of fused-ring (bicyclic) bond motifs is 1. The molecule has 0 bridgehead atoms. The molecule has 29 heavy (non-hydrogen) atoms. The fourth-order valence-corrected chi connectivity index (χ4v) is 3.04. The van der Waals surface area contributed by atoms with Crippen LogP contribution in [0.4, 0.5) is 5.69 Å². The van der Waals surface area contributed by atoms with Gasteiger partial charge in [-0.25, -0.2) is 4.79 Å². The predicted octanol–water partition coefficient (Wildman–Crippen LogP) is 3.25. The summed E-state index contributed by atoms with van der Waals surface area (Å²) in [5.41, 5.74) is 1.34. The summed E-state index contributed by atoms with van der Waals surface area (Å²) in [5.74, 6) is 0.125. The van der Waals surface area contributed by atoms with Crippen LogP contribution in [-0.4, -0.2) is 34.7 Å². The molecule has 1 atom stereocenters. The van der Waals surface area contributed by atoms with E-state index in [4.69, 9.17) is 25.6 Å². The summed E-state index contributed by atoms with van der Waals surface area (Å²) in [7, 11) is 0. The molecule has 1 aliphatic heterocycles. The molecule has 0 saturated carbocycles. The van der Waals surface area contributed by atoms with Gasteiger partial charge in [0.1, 0.15) is 5.75 Å². The van der Waals surface area contributed by atoms with E-state index < -0.39 is 12.1 Å². The van der Waals surface area contributed by atoms with Crippen LogP contribution in [0.5, 0.6) is 5.75 Å². The average molecular weight is 414 g/mol. The molecule has 8 nitrogen and oxygen atoms in total. The molecule has 0 fully saturated rings. The third-order valence-electron chi connectivity index (χ3n) is 4.33. The number of hydrogen-bond acceptors (Lipinski definition) is 7. The Morgan fingerprint density at radius 1 is 1.21 bits per heavy atom. The van der Waals surface area contributed by atoms with Gasteiger partial charge in [0, 0.05) is 17.5 Å². The highest BCUT2D eigenvalue weighted by molar-refractivity contribution is 6.30. The second-order valence-electron chi connectivity index (χ2n) is 6.33. The number of para-hydroxylation sites is 2. The van der Waals surface area contributed by atoms with Crippen LogP contribution in [0.25, 0.3) is 11.4 Å². The van der Waals surface area contributed by atoms with Gasteiger partial charge in [-0.3, -0.25) is 4.79 Å². The minimum absolute atomic E-state index is 0.0606. The molecule has 2 aromatic carbocycles. The average Bonchev–Trinajstić information content (AvgIpc) is 3.20. The van der Waals surface area contributed by atoms with Gasteiger partial charge in [0.25, 0.3) is 5.89 Å². The number of aromatic nitrogens is 2. The predicted molar refractivity (Wildman–Crippen MR) is 103 cm³/mol. The van der Waals surface area contributed by atoms with Crippen molar-refractivity contribution in [1.29, 1.82) is 0 Å². The van der Waals surface area contributed by atoms with Crippen molar-refractivity contribution in [3.8, 4) is 17.1 Å². The summed E-state index contributed by atoms with van der Waals surface area (Å²) in [6.07, 6.45) is -0.951. The Bertz CT molecular complexity index is 1050. The topological polar surface area (TPSA) is 94.8 Å². The van der Waals surface area contributed by atoms with Crippen molar-refractivity contribution >= 4 is 29.2 Å². The molecule has 0 aliphatic carbocycles. The Balaban J connectivity index is 1.41. The Kier molecular flexibility index (Phi) is 5.18. The minimum atomic E-state index is -0.951. The van der Waals surface area contributed by atoms with E-state index in [1.54, 1.807) is 48.5 Å². The van der Waals surface area contributed by atoms with Crippen LogP contribution in [0.3, 0.4) is 0 Å². The van der Waals surface area contributed by atoms with E-state index in [-0.39, 0.29) is 24.9 Å². The zero-order chi connectivity index (χ0) is 20.4. The van der Waals surface area contributed by atoms with E-state index in [0.717, 1.165) is 5.56 Å². The molecule has 4 rings (SSSR count). The van der Waals surface area contributed by atoms with E-state index in [0.29, 0.717) is 22.3 Å². The first-order valence-electron chi connectivity index (χ1n) is 8.80. The summed E-state index contributed by atoms with van der Waals surface area (Å²) in [6, 6.07) is 14.0. The van der Waals surface area contributed by atoms with Crippen molar-refractivity contribution in [2.45, 2.75) is 19.6 Å². The molecule has 1 aromatic heterocycles. The molecular formula is C20H16ClN3O5. The molecule has 9 heteroatoms. The van der Waals surface area contributed by atoms with Gasteiger partial charge in [0.05, 0.1) is 12.2 Å². The quantitative estimate of drug-likeness (QED) is 0.606. The molecule has 0 radical (unpaired) electrons. The van der Waals surface area contributed by atoms with Crippen molar-refractivity contribution in [3.05, 3.63) is 59.4 Å². The SMILES string of the molecule is CC(=O)N1CC(C(=O)OCc2nc(-c3ccc(Cl)cc3)no2)Oc2ccccc21. The molecule has 1 aliphatic rings. The first kappa shape index (κ1) is 18.9. The molecule has 0 N–H and O–H groups in total. The van der Waals surface area contributed by atoms with Crippen molar-refractivity contribution in [1.82, 2.24) is 10.1 Å². The highest BCUT2D eigenvalue weighted by atomic mass is 35.5. The summed E-state index contributed by atoms with van der Waals surface area (Å²) >= 11 is 5.87. The molecular weight excluding hydrogens is 398 g/mol. The molecule has 0 spiro atoms. The molecule has 1 amide bonds. The second-order valence-corrected chi connectivity index (χ2v) is 6.77. The Labute approximate surface area is 171 Å². The fraction of sp³-hybridized carbons (Fsp3) is 0.200. The van der Waals surface area contributed by atoms with Crippen LogP contribution in [0.1, 0.15) is 12.8 Å². The van der Waals surface area contributed by atoms with Gasteiger partial charge in [-0.2, -0.15) is 4.98 Å². The highest BCUT2D eigenvalue weighted by Crippen LogP contribution is 2.33. The largest absolute Gasteiger partial charge is 0.475 e. The Morgan fingerprint density at radius 3 is 2.72 bits per heavy atom. The second kappa shape index (κ2) is 7.92. The van der Waals surface area contributed by atoms with Crippen molar-refractivity contribution < 1.29 is 23.6 Å². The van der Waals surface area contributed by atoms with E-state index >= 15 is 0 Å². The number of nitrogens with zero attached hydrogens (tertiary/aromatic N) is 3. The third-order valence-corrected chi connectivity index (χ3v) is 4.58. The first-order valence-corrected chi connectivity index (χ1v) is 9.18. The van der Waals surface area contributed by atoms with E-state index in [9.17, 15) is 9.59 Å². The van der Waals surface area contributed by atoms with Crippen molar-refractivity contribution in [3.63, 3.8) is 0 Å². The highest BCUT2D eigenvalue weighted by Gasteiger charge is 2.33. The van der Waals surface area contributed by atoms with Crippen molar-refractivity contribution in [2.24, 2.45) is 0 Å². The zero-order valence-corrected chi connectivity index (χ0v) is 16.1. The Morgan fingerprint density at radius 2 is 1.97 bits per heavy atom. The maximum atomic E-state index is 12.5. The maximum absolute atomic E-state index is 12.5. The molecule has 0 saturated heterocycles. The van der Waals surface area contributed by atoms with Crippen LogP contribution < -0.4 is 9.64 Å². The number of amides is 1. The number of ether oxygens (including phenoxy) is 2. The van der Waals surface area contributed by atoms with Gasteiger partial charge in [-0.15, -0.1) is 0 Å². The lowest BCUT2D eigenvalue weighted by atomic mass is 10.2. The number of benzene rings is 2. The van der Waals surface area contributed by atoms with Crippen molar-refractivity contribution in [2.75, 3.05) is 11.4 Å². The number of esters is 1. The van der Waals surface area contributed by atoms with Gasteiger partial charge in [-0.05, 0) is 36.4 Å². The lowest BCUT2D eigenvalue weighted by molar-refractivity contribution is -0.154. The smallest absolute Gasteiger partial charge is 0.349 e. The number of anilines is 1. The molecule has 2 heterocycles. The summed E-state index contributed by atoms with van der Waals surface area (Å²) in [4.78, 5) is 30.1. The zero-order valence-electron chi connectivity index (χ0n) is 15.4. The van der Waals surface area contributed by atoms with Crippen LogP contribution in [0.15, 0.2) is 53.1 Å². The molecule has 1 unspecified atom stereocenters. The summed E-state index contributed by atoms with van der Waals surface area (Å²) < 4.78 is 16.1. The van der Waals surface area contributed by atoms with Gasteiger partial charge in [0.2, 0.25) is 17.8 Å². The third kappa shape index (κ3) is 4.07. The van der Waals surface area contributed by atoms with E-state index in [2.05, 4.69) is 10.1 Å². The monoisotopic (exact) mass is 413 g/mol. The van der Waals surface area contributed by atoms with Gasteiger partial charge >= 0.3 is 5.97 Å². The first-order chi connectivity index (χ1) is 14.0. The van der Waals surface area contributed by atoms with Crippen LogP contribution >= 0.6 is 11.6 Å². The number of carbonyl (C=O) groups is 2. The summed E-state index contributed by atoms with van der Waals surface area (Å²) in [5, 5.41) is 4.46. The fourth-order valence-electron chi connectivity index (χ4n) is 2.91. The van der Waals surface area contributed by atoms with Gasteiger partial charge in [-0.1, -0.05) is 28.9 Å². The van der Waals surface area contributed by atoms with Crippen LogP contribution in [-0.2, 0) is 20.9 Å². The van der Waals surface area contributed by atoms with Crippen LogP contribution in [0, 0.1) is 0 Å². The Hall–Kier alpha value is -3.39. The summed E-state index contributed by atoms with van der Waals surface area (Å²) in [6.45, 7) is 1.28.